The second kappa shape index (κ2) is 10.2. The van der Waals surface area contributed by atoms with E-state index in [2.05, 4.69) is 31.4 Å². The van der Waals surface area contributed by atoms with E-state index in [1.54, 1.807) is 18.2 Å². The van der Waals surface area contributed by atoms with Crippen molar-refractivity contribution < 1.29 is 23.5 Å². The lowest BCUT2D eigenvalue weighted by atomic mass is 9.86. The third-order valence-electron chi connectivity index (χ3n) is 4.87. The predicted octanol–water partition coefficient (Wildman–Crippen LogP) is 5.40. The molecule has 0 bridgehead atoms. The lowest BCUT2D eigenvalue weighted by Crippen LogP contribution is -2.22. The van der Waals surface area contributed by atoms with E-state index in [4.69, 9.17) is 9.47 Å². The van der Waals surface area contributed by atoms with Gasteiger partial charge in [-0.05, 0) is 53.4 Å². The van der Waals surface area contributed by atoms with Gasteiger partial charge in [-0.15, -0.1) is 0 Å². The molecule has 0 aromatic heterocycles. The van der Waals surface area contributed by atoms with Gasteiger partial charge in [-0.1, -0.05) is 45.0 Å². The number of benzene rings is 3. The fourth-order valence-corrected chi connectivity index (χ4v) is 3.26. The lowest BCUT2D eigenvalue weighted by Gasteiger charge is -2.22. The summed E-state index contributed by atoms with van der Waals surface area (Å²) in [5.41, 5.74) is 1.83. The fourth-order valence-electron chi connectivity index (χ4n) is 3.26. The molecule has 0 unspecified atom stereocenters. The molecule has 0 saturated carbocycles. The topological polar surface area (TPSA) is 76.7 Å². The molecule has 0 aliphatic carbocycles. The molecule has 0 atom stereocenters. The van der Waals surface area contributed by atoms with Crippen molar-refractivity contribution in [2.24, 2.45) is 0 Å². The van der Waals surface area contributed by atoms with Crippen LogP contribution in [0.1, 0.15) is 36.7 Å². The molecule has 33 heavy (non-hydrogen) atoms. The van der Waals surface area contributed by atoms with E-state index in [0.717, 1.165) is 11.6 Å². The molecule has 0 spiro atoms. The van der Waals surface area contributed by atoms with E-state index < -0.39 is 11.7 Å². The number of anilines is 2. The molecule has 6 nitrogen and oxygen atoms in total. The molecule has 172 valence electrons. The number of nitrogens with one attached hydrogen (secondary N) is 2. The van der Waals surface area contributed by atoms with Crippen LogP contribution in [0.4, 0.5) is 15.8 Å². The highest BCUT2D eigenvalue weighted by Crippen LogP contribution is 2.31. The quantitative estimate of drug-likeness (QED) is 0.505. The maximum Gasteiger partial charge on any atom is 0.262 e. The van der Waals surface area contributed by atoms with Gasteiger partial charge in [-0.3, -0.25) is 9.59 Å². The van der Waals surface area contributed by atoms with Crippen molar-refractivity contribution in [3.05, 3.63) is 83.7 Å². The molecular weight excluding hydrogens is 423 g/mol. The van der Waals surface area contributed by atoms with Crippen LogP contribution in [0, 0.1) is 5.82 Å². The molecule has 3 rings (SSSR count). The minimum Gasteiger partial charge on any atom is -0.495 e. The van der Waals surface area contributed by atoms with Crippen LogP contribution in [0.3, 0.4) is 0 Å². The maximum absolute atomic E-state index is 13.4. The monoisotopic (exact) mass is 450 g/mol. The molecule has 0 saturated heterocycles. The van der Waals surface area contributed by atoms with Crippen LogP contribution in [0.25, 0.3) is 0 Å². The van der Waals surface area contributed by atoms with Crippen molar-refractivity contribution >= 4 is 23.2 Å². The van der Waals surface area contributed by atoms with Gasteiger partial charge in [0.2, 0.25) is 0 Å². The number of ether oxygens (including phenoxy) is 2. The molecule has 2 amide bonds. The summed E-state index contributed by atoms with van der Waals surface area (Å²) in [5, 5.41) is 5.44. The standard InChI is InChI=1S/C26H27FN2O4/c1-26(2,3)20-10-5-6-11-22(20)33-16-24(30)28-19-12-13-23(32-4)21(15-19)29-25(31)17-8-7-9-18(27)14-17/h5-15H,16H2,1-4H3,(H,28,30)(H,29,31). The third kappa shape index (κ3) is 6.32. The summed E-state index contributed by atoms with van der Waals surface area (Å²) < 4.78 is 24.5. The summed E-state index contributed by atoms with van der Waals surface area (Å²) in [7, 11) is 1.46. The first-order valence-electron chi connectivity index (χ1n) is 10.4. The Morgan fingerprint density at radius 3 is 2.36 bits per heavy atom. The van der Waals surface area contributed by atoms with Crippen LogP contribution in [0.15, 0.2) is 66.7 Å². The van der Waals surface area contributed by atoms with Gasteiger partial charge >= 0.3 is 0 Å². The molecule has 0 aliphatic rings. The number of hydrogen-bond acceptors (Lipinski definition) is 4. The highest BCUT2D eigenvalue weighted by molar-refractivity contribution is 6.05. The van der Waals surface area contributed by atoms with E-state index in [9.17, 15) is 14.0 Å². The number of rotatable bonds is 7. The average Bonchev–Trinajstić information content (AvgIpc) is 2.77. The van der Waals surface area contributed by atoms with Crippen LogP contribution in [0.5, 0.6) is 11.5 Å². The Hall–Kier alpha value is -3.87. The number of methoxy groups -OCH3 is 1. The summed E-state index contributed by atoms with van der Waals surface area (Å²) in [5.74, 6) is -0.320. The minimum atomic E-state index is -0.510. The molecule has 7 heteroatoms. The minimum absolute atomic E-state index is 0.127. The summed E-state index contributed by atoms with van der Waals surface area (Å²) in [6.07, 6.45) is 0. The van der Waals surface area contributed by atoms with Crippen LogP contribution in [0.2, 0.25) is 0 Å². The first kappa shape index (κ1) is 23.8. The zero-order valence-corrected chi connectivity index (χ0v) is 19.1. The summed E-state index contributed by atoms with van der Waals surface area (Å²) >= 11 is 0. The van der Waals surface area contributed by atoms with E-state index in [1.807, 2.05) is 24.3 Å². The number of carbonyl (C=O) groups is 2. The highest BCUT2D eigenvalue weighted by atomic mass is 19.1. The first-order chi connectivity index (χ1) is 15.7. The van der Waals surface area contributed by atoms with Gasteiger partial charge in [0.25, 0.3) is 11.8 Å². The molecular formula is C26H27FN2O4. The van der Waals surface area contributed by atoms with Gasteiger partial charge in [0, 0.05) is 11.3 Å². The Morgan fingerprint density at radius 2 is 1.67 bits per heavy atom. The van der Waals surface area contributed by atoms with Crippen molar-refractivity contribution in [2.75, 3.05) is 24.4 Å². The number of halogens is 1. The second-order valence-corrected chi connectivity index (χ2v) is 8.46. The van der Waals surface area contributed by atoms with Crippen molar-refractivity contribution in [1.29, 1.82) is 0 Å². The number of para-hydroxylation sites is 1. The number of carbonyl (C=O) groups excluding carboxylic acids is 2. The van der Waals surface area contributed by atoms with E-state index in [-0.39, 0.29) is 23.5 Å². The molecule has 0 fully saturated rings. The smallest absolute Gasteiger partial charge is 0.262 e. The van der Waals surface area contributed by atoms with Gasteiger partial charge < -0.3 is 20.1 Å². The van der Waals surface area contributed by atoms with Crippen molar-refractivity contribution in [2.45, 2.75) is 26.2 Å². The van der Waals surface area contributed by atoms with Crippen LogP contribution >= 0.6 is 0 Å². The normalized spacial score (nSPS) is 10.9. The summed E-state index contributed by atoms with van der Waals surface area (Å²) in [4.78, 5) is 25.0. The summed E-state index contributed by atoms with van der Waals surface area (Å²) in [6.45, 7) is 6.05. The van der Waals surface area contributed by atoms with E-state index >= 15 is 0 Å². The second-order valence-electron chi connectivity index (χ2n) is 8.46. The molecule has 0 radical (unpaired) electrons. The Balaban J connectivity index is 1.69. The molecule has 2 N–H and O–H groups in total. The van der Waals surface area contributed by atoms with E-state index in [0.29, 0.717) is 22.9 Å². The number of hydrogen-bond donors (Lipinski definition) is 2. The van der Waals surface area contributed by atoms with Crippen LogP contribution in [-0.2, 0) is 10.2 Å². The first-order valence-corrected chi connectivity index (χ1v) is 10.4. The third-order valence-corrected chi connectivity index (χ3v) is 4.87. The van der Waals surface area contributed by atoms with Gasteiger partial charge in [0.05, 0.1) is 12.8 Å². The highest BCUT2D eigenvalue weighted by Gasteiger charge is 2.19. The SMILES string of the molecule is COc1ccc(NC(=O)COc2ccccc2C(C)(C)C)cc1NC(=O)c1cccc(F)c1. The lowest BCUT2D eigenvalue weighted by molar-refractivity contribution is -0.118. The maximum atomic E-state index is 13.4. The zero-order chi connectivity index (χ0) is 24.0. The van der Waals surface area contributed by atoms with Crippen LogP contribution in [-0.4, -0.2) is 25.5 Å². The Morgan fingerprint density at radius 1 is 0.909 bits per heavy atom. The van der Waals surface area contributed by atoms with Gasteiger partial charge in [0.15, 0.2) is 6.61 Å². The molecule has 0 heterocycles. The average molecular weight is 451 g/mol. The Labute approximate surface area is 192 Å². The predicted molar refractivity (Wildman–Crippen MR) is 127 cm³/mol. The Bertz CT molecular complexity index is 1160. The van der Waals surface area contributed by atoms with Crippen molar-refractivity contribution in [3.63, 3.8) is 0 Å². The molecule has 3 aromatic carbocycles. The molecule has 3 aromatic rings. The number of amides is 2. The van der Waals surface area contributed by atoms with E-state index in [1.165, 1.54) is 25.3 Å². The zero-order valence-electron chi connectivity index (χ0n) is 19.1. The Kier molecular flexibility index (Phi) is 7.33. The van der Waals surface area contributed by atoms with Gasteiger partial charge in [0.1, 0.15) is 17.3 Å². The van der Waals surface area contributed by atoms with Crippen LogP contribution < -0.4 is 20.1 Å². The van der Waals surface area contributed by atoms with Gasteiger partial charge in [-0.25, -0.2) is 4.39 Å². The largest absolute Gasteiger partial charge is 0.495 e. The van der Waals surface area contributed by atoms with Crippen molar-refractivity contribution in [1.82, 2.24) is 0 Å². The fraction of sp³-hybridized carbons (Fsp3) is 0.231. The van der Waals surface area contributed by atoms with Crippen molar-refractivity contribution in [3.8, 4) is 11.5 Å². The van der Waals surface area contributed by atoms with Gasteiger partial charge in [-0.2, -0.15) is 0 Å². The molecule has 0 aliphatic heterocycles. The summed E-state index contributed by atoms with van der Waals surface area (Å²) in [6, 6.07) is 17.8.